The fourth-order valence-corrected chi connectivity index (χ4v) is 3.18. The molecule has 142 valence electrons. The first-order valence-electron chi connectivity index (χ1n) is 8.43. The average Bonchev–Trinajstić information content (AvgIpc) is 3.00. The molecule has 0 bridgehead atoms. The third kappa shape index (κ3) is 4.01. The SMILES string of the molecule is CN(C)[C@H](CNC(=O)Cn1cnc2c(cnn2C)c1=O)c1ccccc1Cl. The first-order chi connectivity index (χ1) is 12.9. The van der Waals surface area contributed by atoms with E-state index in [4.69, 9.17) is 11.6 Å². The van der Waals surface area contributed by atoms with E-state index in [1.165, 1.54) is 21.8 Å². The van der Waals surface area contributed by atoms with E-state index in [0.29, 0.717) is 22.6 Å². The Hall–Kier alpha value is -2.71. The summed E-state index contributed by atoms with van der Waals surface area (Å²) in [5.41, 5.74) is 1.13. The summed E-state index contributed by atoms with van der Waals surface area (Å²) >= 11 is 6.29. The van der Waals surface area contributed by atoms with Gasteiger partial charge in [0.05, 0.1) is 12.2 Å². The Morgan fingerprint density at radius 3 is 2.78 bits per heavy atom. The number of nitrogens with one attached hydrogen (secondary N) is 1. The number of fused-ring (bicyclic) bond motifs is 1. The van der Waals surface area contributed by atoms with Crippen LogP contribution < -0.4 is 10.9 Å². The van der Waals surface area contributed by atoms with Gasteiger partial charge in [0.25, 0.3) is 5.56 Å². The Labute approximate surface area is 161 Å². The molecular weight excluding hydrogens is 368 g/mol. The van der Waals surface area contributed by atoms with Gasteiger partial charge in [-0.1, -0.05) is 29.8 Å². The third-order valence-electron chi connectivity index (χ3n) is 4.41. The summed E-state index contributed by atoms with van der Waals surface area (Å²) in [6.45, 7) is 0.256. The van der Waals surface area contributed by atoms with Crippen LogP contribution in [0, 0.1) is 0 Å². The van der Waals surface area contributed by atoms with Crippen molar-refractivity contribution in [2.45, 2.75) is 12.6 Å². The highest BCUT2D eigenvalue weighted by Crippen LogP contribution is 2.25. The van der Waals surface area contributed by atoms with Gasteiger partial charge in [0.15, 0.2) is 5.65 Å². The Balaban J connectivity index is 1.71. The maximum absolute atomic E-state index is 12.5. The second kappa shape index (κ2) is 7.89. The van der Waals surface area contributed by atoms with E-state index in [1.54, 1.807) is 7.05 Å². The summed E-state index contributed by atoms with van der Waals surface area (Å²) in [5.74, 6) is -0.277. The second-order valence-electron chi connectivity index (χ2n) is 6.49. The van der Waals surface area contributed by atoms with Gasteiger partial charge in [-0.2, -0.15) is 5.10 Å². The van der Waals surface area contributed by atoms with Crippen LogP contribution in [0.1, 0.15) is 11.6 Å². The Morgan fingerprint density at radius 1 is 1.33 bits per heavy atom. The predicted octanol–water partition coefficient (Wildman–Crippen LogP) is 1.20. The van der Waals surface area contributed by atoms with E-state index >= 15 is 0 Å². The molecule has 0 aliphatic carbocycles. The number of amides is 1. The van der Waals surface area contributed by atoms with Crippen molar-refractivity contribution in [2.75, 3.05) is 20.6 Å². The second-order valence-corrected chi connectivity index (χ2v) is 6.90. The standard InChI is InChI=1S/C18H21ClN6O2/c1-23(2)15(12-6-4-5-7-14(12)19)9-20-16(26)10-25-11-21-17-13(18(25)27)8-22-24(17)3/h4-8,11,15H,9-10H2,1-3H3,(H,20,26)/t15-/m1/s1. The van der Waals surface area contributed by atoms with Crippen molar-refractivity contribution in [2.24, 2.45) is 7.05 Å². The van der Waals surface area contributed by atoms with Gasteiger partial charge in [-0.3, -0.25) is 18.8 Å². The zero-order valence-electron chi connectivity index (χ0n) is 15.4. The molecule has 1 N–H and O–H groups in total. The lowest BCUT2D eigenvalue weighted by Crippen LogP contribution is -2.38. The molecule has 1 aromatic carbocycles. The van der Waals surface area contributed by atoms with E-state index in [0.717, 1.165) is 5.56 Å². The topological polar surface area (TPSA) is 85.1 Å². The largest absolute Gasteiger partial charge is 0.353 e. The van der Waals surface area contributed by atoms with E-state index in [2.05, 4.69) is 15.4 Å². The number of benzene rings is 1. The minimum atomic E-state index is -0.293. The molecule has 1 atom stereocenters. The Kier molecular flexibility index (Phi) is 5.57. The number of likely N-dealkylation sites (N-methyl/N-ethyl adjacent to an activating group) is 1. The van der Waals surface area contributed by atoms with Crippen molar-refractivity contribution < 1.29 is 4.79 Å². The molecule has 0 radical (unpaired) electrons. The summed E-state index contributed by atoms with van der Waals surface area (Å²) in [6, 6.07) is 7.45. The number of carbonyl (C=O) groups is 1. The first kappa shape index (κ1) is 19.1. The molecule has 9 heteroatoms. The third-order valence-corrected chi connectivity index (χ3v) is 4.76. The molecule has 8 nitrogen and oxygen atoms in total. The predicted molar refractivity (Wildman–Crippen MR) is 104 cm³/mol. The smallest absolute Gasteiger partial charge is 0.264 e. The van der Waals surface area contributed by atoms with Crippen molar-refractivity contribution in [3.05, 3.63) is 57.7 Å². The summed E-state index contributed by atoms with van der Waals surface area (Å²) in [7, 11) is 5.55. The molecule has 3 aromatic rings. The van der Waals surface area contributed by atoms with E-state index in [9.17, 15) is 9.59 Å². The van der Waals surface area contributed by atoms with Gasteiger partial charge < -0.3 is 10.2 Å². The molecule has 1 amide bonds. The molecule has 27 heavy (non-hydrogen) atoms. The van der Waals surface area contributed by atoms with E-state index in [1.807, 2.05) is 43.3 Å². The summed E-state index contributed by atoms with van der Waals surface area (Å²) in [5, 5.41) is 7.92. The molecule has 0 saturated carbocycles. The maximum atomic E-state index is 12.5. The number of aryl methyl sites for hydroxylation is 1. The zero-order chi connectivity index (χ0) is 19.6. The number of carbonyl (C=O) groups excluding carboxylic acids is 1. The summed E-state index contributed by atoms with van der Waals surface area (Å²) < 4.78 is 2.80. The number of aromatic nitrogens is 4. The minimum Gasteiger partial charge on any atom is -0.353 e. The van der Waals surface area contributed by atoms with E-state index in [-0.39, 0.29) is 24.1 Å². The van der Waals surface area contributed by atoms with Crippen LogP contribution in [0.3, 0.4) is 0 Å². The van der Waals surface area contributed by atoms with E-state index < -0.39 is 0 Å². The molecule has 0 aliphatic heterocycles. The van der Waals surface area contributed by atoms with Gasteiger partial charge in [-0.15, -0.1) is 0 Å². The number of hydrogen-bond donors (Lipinski definition) is 1. The van der Waals surface area contributed by atoms with Gasteiger partial charge >= 0.3 is 0 Å². The molecule has 0 aliphatic rings. The van der Waals surface area contributed by atoms with Crippen LogP contribution in [-0.2, 0) is 18.4 Å². The van der Waals surface area contributed by atoms with Crippen molar-refractivity contribution in [3.63, 3.8) is 0 Å². The fourth-order valence-electron chi connectivity index (χ4n) is 2.92. The fraction of sp³-hybridized carbons (Fsp3) is 0.333. The maximum Gasteiger partial charge on any atom is 0.264 e. The molecule has 3 rings (SSSR count). The molecule has 2 heterocycles. The van der Waals surface area contributed by atoms with Gasteiger partial charge in [-0.05, 0) is 25.7 Å². The molecule has 0 spiro atoms. The molecular formula is C18H21ClN6O2. The van der Waals surface area contributed by atoms with Gasteiger partial charge in [-0.25, -0.2) is 4.98 Å². The van der Waals surface area contributed by atoms with Gasteiger partial charge in [0, 0.05) is 18.6 Å². The Bertz CT molecular complexity index is 1030. The van der Waals surface area contributed by atoms with Crippen LogP contribution in [-0.4, -0.2) is 50.8 Å². The summed E-state index contributed by atoms with van der Waals surface area (Å²) in [4.78, 5) is 31.0. The number of hydrogen-bond acceptors (Lipinski definition) is 5. The van der Waals surface area contributed by atoms with Crippen LogP contribution in [0.25, 0.3) is 11.0 Å². The lowest BCUT2D eigenvalue weighted by molar-refractivity contribution is -0.121. The summed E-state index contributed by atoms with van der Waals surface area (Å²) in [6.07, 6.45) is 2.82. The molecule has 0 fully saturated rings. The Morgan fingerprint density at radius 2 is 2.07 bits per heavy atom. The molecule has 0 saturated heterocycles. The van der Waals surface area contributed by atoms with Crippen molar-refractivity contribution in [1.82, 2.24) is 29.5 Å². The normalized spacial score (nSPS) is 12.5. The number of halogens is 1. The highest BCUT2D eigenvalue weighted by molar-refractivity contribution is 6.31. The zero-order valence-corrected chi connectivity index (χ0v) is 16.1. The minimum absolute atomic E-state index is 0.0849. The van der Waals surface area contributed by atoms with Crippen LogP contribution in [0.5, 0.6) is 0 Å². The van der Waals surface area contributed by atoms with Crippen LogP contribution in [0.2, 0.25) is 5.02 Å². The molecule has 0 unspecified atom stereocenters. The average molecular weight is 389 g/mol. The molecule has 2 aromatic heterocycles. The van der Waals surface area contributed by atoms with Gasteiger partial charge in [0.2, 0.25) is 5.91 Å². The highest BCUT2D eigenvalue weighted by Gasteiger charge is 2.18. The number of nitrogens with zero attached hydrogens (tertiary/aromatic N) is 5. The van der Waals surface area contributed by atoms with Crippen LogP contribution in [0.4, 0.5) is 0 Å². The van der Waals surface area contributed by atoms with Crippen LogP contribution in [0.15, 0.2) is 41.6 Å². The number of rotatable bonds is 6. The van der Waals surface area contributed by atoms with Crippen molar-refractivity contribution in [3.8, 4) is 0 Å². The van der Waals surface area contributed by atoms with Crippen molar-refractivity contribution in [1.29, 1.82) is 0 Å². The highest BCUT2D eigenvalue weighted by atomic mass is 35.5. The van der Waals surface area contributed by atoms with Crippen molar-refractivity contribution >= 4 is 28.5 Å². The first-order valence-corrected chi connectivity index (χ1v) is 8.81. The lowest BCUT2D eigenvalue weighted by Gasteiger charge is -2.26. The quantitative estimate of drug-likeness (QED) is 0.686. The lowest BCUT2D eigenvalue weighted by atomic mass is 10.1. The van der Waals surface area contributed by atoms with Gasteiger partial charge in [0.1, 0.15) is 18.3 Å². The monoisotopic (exact) mass is 388 g/mol. The van der Waals surface area contributed by atoms with Crippen LogP contribution >= 0.6 is 11.6 Å².